The van der Waals surface area contributed by atoms with Crippen LogP contribution in [0.25, 0.3) is 10.9 Å². The van der Waals surface area contributed by atoms with Crippen LogP contribution in [0.1, 0.15) is 10.5 Å². The smallest absolute Gasteiger partial charge is 0.272 e. The maximum absolute atomic E-state index is 12.1. The number of rotatable bonds is 7. The Kier molecular flexibility index (Phi) is 5.74. The summed E-state index contributed by atoms with van der Waals surface area (Å²) in [5.74, 6) is -0.160. The molecule has 0 spiro atoms. The van der Waals surface area contributed by atoms with Gasteiger partial charge in [-0.3, -0.25) is 9.89 Å². The van der Waals surface area contributed by atoms with Gasteiger partial charge in [0.2, 0.25) is 0 Å². The predicted octanol–water partition coefficient (Wildman–Crippen LogP) is 1.13. The number of fused-ring (bicyclic) bond motifs is 1. The van der Waals surface area contributed by atoms with E-state index in [2.05, 4.69) is 43.4 Å². The molecule has 1 heterocycles. The van der Waals surface area contributed by atoms with E-state index in [0.717, 1.165) is 21.0 Å². The van der Waals surface area contributed by atoms with Crippen molar-refractivity contribution in [2.75, 3.05) is 33.4 Å². The Morgan fingerprint density at radius 3 is 3.05 bits per heavy atom. The third kappa shape index (κ3) is 3.90. The molecule has 0 aliphatic carbocycles. The summed E-state index contributed by atoms with van der Waals surface area (Å²) in [5.41, 5.74) is 1.31. The third-order valence-electron chi connectivity index (χ3n) is 2.81. The first-order chi connectivity index (χ1) is 9.72. The first-order valence-electron chi connectivity index (χ1n) is 6.34. The lowest BCUT2D eigenvalue weighted by molar-refractivity contribution is 0.0950. The van der Waals surface area contributed by atoms with Crippen molar-refractivity contribution in [1.82, 2.24) is 20.8 Å². The molecule has 108 valence electrons. The van der Waals surface area contributed by atoms with Crippen LogP contribution in [-0.2, 0) is 4.74 Å². The highest BCUT2D eigenvalue weighted by Gasteiger charge is 2.13. The largest absolute Gasteiger partial charge is 0.383 e. The van der Waals surface area contributed by atoms with Gasteiger partial charge in [0.25, 0.3) is 5.91 Å². The molecule has 0 radical (unpaired) electrons. The highest BCUT2D eigenvalue weighted by Crippen LogP contribution is 2.18. The normalized spacial score (nSPS) is 10.9. The number of aromatic amines is 1. The van der Waals surface area contributed by atoms with E-state index in [4.69, 9.17) is 4.74 Å². The first-order valence-corrected chi connectivity index (χ1v) is 7.41. The molecule has 0 aliphatic heterocycles. The number of aromatic nitrogens is 2. The van der Waals surface area contributed by atoms with Crippen LogP contribution < -0.4 is 10.6 Å². The highest BCUT2D eigenvalue weighted by molar-refractivity contribution is 14.1. The molecule has 2 aromatic rings. The predicted molar refractivity (Wildman–Crippen MR) is 85.9 cm³/mol. The zero-order valence-corrected chi connectivity index (χ0v) is 13.4. The monoisotopic (exact) mass is 388 g/mol. The topological polar surface area (TPSA) is 79.0 Å². The molecule has 0 aliphatic rings. The van der Waals surface area contributed by atoms with Crippen molar-refractivity contribution in [3.8, 4) is 0 Å². The molecule has 1 aromatic carbocycles. The average molecular weight is 388 g/mol. The quantitative estimate of drug-likeness (QED) is 0.491. The number of H-pyrrole nitrogens is 1. The number of carbonyl (C=O) groups excluding carboxylic acids is 1. The minimum absolute atomic E-state index is 0.160. The van der Waals surface area contributed by atoms with Crippen molar-refractivity contribution in [1.29, 1.82) is 0 Å². The van der Waals surface area contributed by atoms with Gasteiger partial charge in [-0.1, -0.05) is 0 Å². The molecule has 6 nitrogen and oxygen atoms in total. The molecule has 1 amide bonds. The molecule has 0 atom stereocenters. The second-order valence-electron chi connectivity index (χ2n) is 4.26. The van der Waals surface area contributed by atoms with Crippen LogP contribution in [0.5, 0.6) is 0 Å². The summed E-state index contributed by atoms with van der Waals surface area (Å²) >= 11 is 2.22. The lowest BCUT2D eigenvalue weighted by Crippen LogP contribution is -2.33. The molecule has 2 rings (SSSR count). The summed E-state index contributed by atoms with van der Waals surface area (Å²) in [7, 11) is 1.66. The van der Waals surface area contributed by atoms with E-state index in [1.54, 1.807) is 7.11 Å². The highest BCUT2D eigenvalue weighted by atomic mass is 127. The van der Waals surface area contributed by atoms with Gasteiger partial charge in [0, 0.05) is 35.7 Å². The van der Waals surface area contributed by atoms with Crippen molar-refractivity contribution in [2.45, 2.75) is 0 Å². The summed E-state index contributed by atoms with van der Waals surface area (Å²) in [6, 6.07) is 5.85. The van der Waals surface area contributed by atoms with E-state index in [-0.39, 0.29) is 5.91 Å². The van der Waals surface area contributed by atoms with Crippen LogP contribution in [0.3, 0.4) is 0 Å². The van der Waals surface area contributed by atoms with E-state index >= 15 is 0 Å². The molecule has 0 saturated carbocycles. The minimum Gasteiger partial charge on any atom is -0.383 e. The fraction of sp³-hybridized carbons (Fsp3) is 0.385. The lowest BCUT2D eigenvalue weighted by atomic mass is 10.2. The Balaban J connectivity index is 1.89. The number of nitrogens with zero attached hydrogens (tertiary/aromatic N) is 1. The van der Waals surface area contributed by atoms with Crippen LogP contribution in [-0.4, -0.2) is 49.5 Å². The number of benzene rings is 1. The van der Waals surface area contributed by atoms with Crippen LogP contribution in [0, 0.1) is 3.57 Å². The summed E-state index contributed by atoms with van der Waals surface area (Å²) < 4.78 is 6.00. The molecule has 3 N–H and O–H groups in total. The second kappa shape index (κ2) is 7.55. The van der Waals surface area contributed by atoms with E-state index in [1.807, 2.05) is 18.2 Å². The number of halogens is 1. The van der Waals surface area contributed by atoms with Gasteiger partial charge in [-0.15, -0.1) is 0 Å². The molecule has 7 heteroatoms. The standard InChI is InChI=1S/C13H17IN4O2/c1-20-7-6-15-4-5-16-13(19)12-10-8-9(14)2-3-11(10)17-18-12/h2-3,8,15H,4-7H2,1H3,(H,16,19)(H,17,18). The van der Waals surface area contributed by atoms with Gasteiger partial charge in [0.1, 0.15) is 0 Å². The first kappa shape index (κ1) is 15.2. The van der Waals surface area contributed by atoms with E-state index < -0.39 is 0 Å². The van der Waals surface area contributed by atoms with E-state index in [0.29, 0.717) is 25.4 Å². The summed E-state index contributed by atoms with van der Waals surface area (Å²) in [6.45, 7) is 2.70. The molecule has 1 aromatic heterocycles. The van der Waals surface area contributed by atoms with E-state index in [1.165, 1.54) is 0 Å². The third-order valence-corrected chi connectivity index (χ3v) is 3.48. The fourth-order valence-electron chi connectivity index (χ4n) is 1.81. The van der Waals surface area contributed by atoms with Gasteiger partial charge >= 0.3 is 0 Å². The Hall–Kier alpha value is -1.19. The zero-order valence-electron chi connectivity index (χ0n) is 11.2. The van der Waals surface area contributed by atoms with Gasteiger partial charge in [0.15, 0.2) is 5.69 Å². The van der Waals surface area contributed by atoms with Crippen LogP contribution in [0.4, 0.5) is 0 Å². The van der Waals surface area contributed by atoms with E-state index in [9.17, 15) is 4.79 Å². The average Bonchev–Trinajstić information content (AvgIpc) is 2.85. The number of amides is 1. The van der Waals surface area contributed by atoms with Crippen LogP contribution in [0.15, 0.2) is 18.2 Å². The number of methoxy groups -OCH3 is 1. The fourth-order valence-corrected chi connectivity index (χ4v) is 2.30. The Morgan fingerprint density at radius 1 is 1.40 bits per heavy atom. The molecule has 20 heavy (non-hydrogen) atoms. The van der Waals surface area contributed by atoms with Crippen molar-refractivity contribution in [3.63, 3.8) is 0 Å². The maximum atomic E-state index is 12.1. The number of nitrogens with one attached hydrogen (secondary N) is 3. The second-order valence-corrected chi connectivity index (χ2v) is 5.51. The summed E-state index contributed by atoms with van der Waals surface area (Å²) in [4.78, 5) is 12.1. The number of carbonyl (C=O) groups is 1. The van der Waals surface area contributed by atoms with Gasteiger partial charge in [-0.2, -0.15) is 5.10 Å². The van der Waals surface area contributed by atoms with Crippen LogP contribution in [0.2, 0.25) is 0 Å². The maximum Gasteiger partial charge on any atom is 0.272 e. The zero-order chi connectivity index (χ0) is 14.4. The summed E-state index contributed by atoms with van der Waals surface area (Å²) in [5, 5.41) is 13.8. The molecular formula is C13H17IN4O2. The SMILES string of the molecule is COCCNCCNC(=O)c1n[nH]c2ccc(I)cc12. The van der Waals surface area contributed by atoms with Crippen molar-refractivity contribution < 1.29 is 9.53 Å². The van der Waals surface area contributed by atoms with Crippen molar-refractivity contribution in [2.24, 2.45) is 0 Å². The van der Waals surface area contributed by atoms with Gasteiger partial charge in [-0.25, -0.2) is 0 Å². The molecule has 0 fully saturated rings. The van der Waals surface area contributed by atoms with Gasteiger partial charge < -0.3 is 15.4 Å². The summed E-state index contributed by atoms with van der Waals surface area (Å²) in [6.07, 6.45) is 0. The molecule has 0 unspecified atom stereocenters. The molecule has 0 saturated heterocycles. The van der Waals surface area contributed by atoms with Gasteiger partial charge in [-0.05, 0) is 40.8 Å². The Bertz CT molecular complexity index is 585. The van der Waals surface area contributed by atoms with Crippen molar-refractivity contribution in [3.05, 3.63) is 27.5 Å². The van der Waals surface area contributed by atoms with Gasteiger partial charge in [0.05, 0.1) is 12.1 Å². The molecular weight excluding hydrogens is 371 g/mol. The number of hydrogen-bond acceptors (Lipinski definition) is 4. The Morgan fingerprint density at radius 2 is 2.25 bits per heavy atom. The number of hydrogen-bond donors (Lipinski definition) is 3. The molecule has 0 bridgehead atoms. The van der Waals surface area contributed by atoms with Crippen molar-refractivity contribution >= 4 is 39.4 Å². The van der Waals surface area contributed by atoms with Crippen LogP contribution >= 0.6 is 22.6 Å². The Labute approximate surface area is 130 Å². The number of ether oxygens (including phenoxy) is 1. The lowest BCUT2D eigenvalue weighted by Gasteiger charge is -2.05. The minimum atomic E-state index is -0.160.